The lowest BCUT2D eigenvalue weighted by atomic mass is 10.1. The van der Waals surface area contributed by atoms with Gasteiger partial charge in [-0.3, -0.25) is 4.79 Å². The molecule has 108 valence electrons. The first-order valence-electron chi connectivity index (χ1n) is 6.17. The molecule has 0 saturated carbocycles. The Kier molecular flexibility index (Phi) is 4.66. The van der Waals surface area contributed by atoms with Crippen LogP contribution in [0.15, 0.2) is 61.2 Å². The van der Waals surface area contributed by atoms with Gasteiger partial charge in [-0.1, -0.05) is 49.0 Å². The van der Waals surface area contributed by atoms with Crippen molar-refractivity contribution in [2.75, 3.05) is 5.32 Å². The molecule has 1 N–H and O–H groups in total. The van der Waals surface area contributed by atoms with Crippen molar-refractivity contribution in [3.63, 3.8) is 0 Å². The Hall–Kier alpha value is -2.69. The molecule has 0 aliphatic carbocycles. The van der Waals surface area contributed by atoms with Gasteiger partial charge >= 0.3 is 6.61 Å². The average Bonchev–Trinajstić information content (AvgIpc) is 2.49. The molecule has 21 heavy (non-hydrogen) atoms. The summed E-state index contributed by atoms with van der Waals surface area (Å²) in [6.45, 7) is 0.753. The lowest BCUT2D eigenvalue weighted by Gasteiger charge is -2.12. The van der Waals surface area contributed by atoms with Crippen molar-refractivity contribution < 1.29 is 18.3 Å². The number of para-hydroxylation sites is 2. The largest absolute Gasteiger partial charge is 0.433 e. The SMILES string of the molecule is C=C(C(=O)Nc1ccccc1OC(F)F)c1ccccc1. The highest BCUT2D eigenvalue weighted by atomic mass is 19.3. The van der Waals surface area contributed by atoms with E-state index in [0.717, 1.165) is 0 Å². The summed E-state index contributed by atoms with van der Waals surface area (Å²) in [5.41, 5.74) is 1.06. The number of rotatable bonds is 5. The second-order valence-electron chi connectivity index (χ2n) is 4.17. The summed E-state index contributed by atoms with van der Waals surface area (Å²) in [4.78, 5) is 12.1. The van der Waals surface area contributed by atoms with E-state index >= 15 is 0 Å². The molecule has 0 radical (unpaired) electrons. The van der Waals surface area contributed by atoms with Crippen molar-refractivity contribution in [2.45, 2.75) is 6.61 Å². The molecule has 0 spiro atoms. The number of hydrogen-bond donors (Lipinski definition) is 1. The van der Waals surface area contributed by atoms with Crippen molar-refractivity contribution >= 4 is 17.2 Å². The van der Waals surface area contributed by atoms with Crippen LogP contribution in [0.4, 0.5) is 14.5 Å². The van der Waals surface area contributed by atoms with Crippen LogP contribution in [0.25, 0.3) is 5.57 Å². The number of nitrogens with one attached hydrogen (secondary N) is 1. The Labute approximate surface area is 120 Å². The molecule has 0 saturated heterocycles. The first kappa shape index (κ1) is 14.7. The molecular weight excluding hydrogens is 276 g/mol. The Bertz CT molecular complexity index is 642. The highest BCUT2D eigenvalue weighted by Gasteiger charge is 2.14. The molecule has 2 rings (SSSR count). The van der Waals surface area contributed by atoms with E-state index < -0.39 is 12.5 Å². The van der Waals surface area contributed by atoms with Crippen molar-refractivity contribution in [3.8, 4) is 5.75 Å². The van der Waals surface area contributed by atoms with Gasteiger partial charge in [0.15, 0.2) is 0 Å². The summed E-state index contributed by atoms with van der Waals surface area (Å²) < 4.78 is 29.0. The quantitative estimate of drug-likeness (QED) is 0.847. The zero-order valence-electron chi connectivity index (χ0n) is 11.1. The van der Waals surface area contributed by atoms with Crippen LogP contribution in [-0.2, 0) is 4.79 Å². The Morgan fingerprint density at radius 3 is 2.33 bits per heavy atom. The van der Waals surface area contributed by atoms with Crippen molar-refractivity contribution in [1.82, 2.24) is 0 Å². The molecular formula is C16H13F2NO2. The van der Waals surface area contributed by atoms with Gasteiger partial charge in [0.05, 0.1) is 5.69 Å². The summed E-state index contributed by atoms with van der Waals surface area (Å²) in [6, 6.07) is 14.8. The molecule has 2 aromatic rings. The highest BCUT2D eigenvalue weighted by Crippen LogP contribution is 2.26. The smallest absolute Gasteiger partial charge is 0.387 e. The molecule has 3 nitrogen and oxygen atoms in total. The number of anilines is 1. The van der Waals surface area contributed by atoms with E-state index in [1.54, 1.807) is 36.4 Å². The van der Waals surface area contributed by atoms with E-state index in [1.807, 2.05) is 6.07 Å². The minimum atomic E-state index is -2.96. The number of hydrogen-bond acceptors (Lipinski definition) is 2. The van der Waals surface area contributed by atoms with Gasteiger partial charge in [0.2, 0.25) is 0 Å². The van der Waals surface area contributed by atoms with Crippen molar-refractivity contribution in [2.24, 2.45) is 0 Å². The number of carbonyl (C=O) groups is 1. The van der Waals surface area contributed by atoms with Crippen LogP contribution in [0.1, 0.15) is 5.56 Å². The molecule has 0 aliphatic rings. The van der Waals surface area contributed by atoms with Crippen LogP contribution in [0.3, 0.4) is 0 Å². The van der Waals surface area contributed by atoms with Crippen molar-refractivity contribution in [3.05, 3.63) is 66.7 Å². The fraction of sp³-hybridized carbons (Fsp3) is 0.0625. The number of ether oxygens (including phenoxy) is 1. The van der Waals surface area contributed by atoms with Crippen LogP contribution in [0, 0.1) is 0 Å². The van der Waals surface area contributed by atoms with E-state index in [-0.39, 0.29) is 17.0 Å². The summed E-state index contributed by atoms with van der Waals surface area (Å²) in [5.74, 6) is -0.576. The zero-order valence-corrected chi connectivity index (χ0v) is 11.1. The number of alkyl halides is 2. The molecule has 5 heteroatoms. The molecule has 0 atom stereocenters. The first-order chi connectivity index (χ1) is 10.1. The second kappa shape index (κ2) is 6.65. The summed E-state index contributed by atoms with van der Waals surface area (Å²) in [6.07, 6.45) is 0. The summed E-state index contributed by atoms with van der Waals surface area (Å²) in [5, 5.41) is 2.52. The topological polar surface area (TPSA) is 38.3 Å². The van der Waals surface area contributed by atoms with Gasteiger partial charge < -0.3 is 10.1 Å². The maximum Gasteiger partial charge on any atom is 0.387 e. The lowest BCUT2D eigenvalue weighted by Crippen LogP contribution is -2.14. The third-order valence-corrected chi connectivity index (χ3v) is 2.75. The van der Waals surface area contributed by atoms with Gasteiger partial charge in [0.25, 0.3) is 5.91 Å². The molecule has 0 unspecified atom stereocenters. The maximum absolute atomic E-state index is 12.3. The predicted molar refractivity (Wildman–Crippen MR) is 77.2 cm³/mol. The van der Waals surface area contributed by atoms with E-state index in [2.05, 4.69) is 16.6 Å². The molecule has 1 amide bonds. The lowest BCUT2D eigenvalue weighted by molar-refractivity contribution is -0.111. The van der Waals surface area contributed by atoms with Gasteiger partial charge in [-0.25, -0.2) is 0 Å². The third kappa shape index (κ3) is 3.89. The first-order valence-corrected chi connectivity index (χ1v) is 6.17. The number of benzene rings is 2. The summed E-state index contributed by atoms with van der Waals surface area (Å²) >= 11 is 0. The number of carbonyl (C=O) groups excluding carboxylic acids is 1. The maximum atomic E-state index is 12.3. The Balaban J connectivity index is 2.15. The number of amides is 1. The zero-order chi connectivity index (χ0) is 15.2. The minimum absolute atomic E-state index is 0.0956. The highest BCUT2D eigenvalue weighted by molar-refractivity contribution is 6.24. The van der Waals surface area contributed by atoms with Gasteiger partial charge in [-0.15, -0.1) is 0 Å². The van der Waals surface area contributed by atoms with Crippen LogP contribution in [0.2, 0.25) is 0 Å². The molecule has 0 bridgehead atoms. The monoisotopic (exact) mass is 289 g/mol. The molecule has 0 aliphatic heterocycles. The van der Waals surface area contributed by atoms with Crippen LogP contribution >= 0.6 is 0 Å². The second-order valence-corrected chi connectivity index (χ2v) is 4.17. The molecule has 2 aromatic carbocycles. The molecule has 0 heterocycles. The van der Waals surface area contributed by atoms with Gasteiger partial charge in [0.1, 0.15) is 5.75 Å². The molecule has 0 aromatic heterocycles. The molecule has 0 fully saturated rings. The van der Waals surface area contributed by atoms with Crippen LogP contribution in [-0.4, -0.2) is 12.5 Å². The van der Waals surface area contributed by atoms with E-state index in [9.17, 15) is 13.6 Å². The Morgan fingerprint density at radius 1 is 1.05 bits per heavy atom. The fourth-order valence-corrected chi connectivity index (χ4v) is 1.74. The normalized spacial score (nSPS) is 10.2. The van der Waals surface area contributed by atoms with E-state index in [0.29, 0.717) is 5.56 Å². The van der Waals surface area contributed by atoms with Gasteiger partial charge in [0, 0.05) is 5.57 Å². The summed E-state index contributed by atoms with van der Waals surface area (Å²) in [7, 11) is 0. The van der Waals surface area contributed by atoms with Crippen molar-refractivity contribution in [1.29, 1.82) is 0 Å². The fourth-order valence-electron chi connectivity index (χ4n) is 1.74. The standard InChI is InChI=1S/C16H13F2NO2/c1-11(12-7-3-2-4-8-12)15(20)19-13-9-5-6-10-14(13)21-16(17)18/h2-10,16H,1H2,(H,19,20). The van der Waals surface area contributed by atoms with Crippen LogP contribution in [0.5, 0.6) is 5.75 Å². The predicted octanol–water partition coefficient (Wildman–Crippen LogP) is 3.94. The average molecular weight is 289 g/mol. The number of halogens is 2. The van der Waals surface area contributed by atoms with Gasteiger partial charge in [-0.2, -0.15) is 8.78 Å². The Morgan fingerprint density at radius 2 is 1.67 bits per heavy atom. The van der Waals surface area contributed by atoms with E-state index in [1.165, 1.54) is 12.1 Å². The van der Waals surface area contributed by atoms with Gasteiger partial charge in [-0.05, 0) is 17.7 Å². The third-order valence-electron chi connectivity index (χ3n) is 2.75. The van der Waals surface area contributed by atoms with Crippen LogP contribution < -0.4 is 10.1 Å². The minimum Gasteiger partial charge on any atom is -0.433 e. The van der Waals surface area contributed by atoms with E-state index in [4.69, 9.17) is 0 Å².